The summed E-state index contributed by atoms with van der Waals surface area (Å²) in [6, 6.07) is 8.11. The van der Waals surface area contributed by atoms with Crippen molar-refractivity contribution in [1.29, 1.82) is 0 Å². The van der Waals surface area contributed by atoms with Crippen LogP contribution in [0.5, 0.6) is 0 Å². The number of rotatable bonds is 6. The Labute approximate surface area is 196 Å². The second kappa shape index (κ2) is 19.0. The van der Waals surface area contributed by atoms with Crippen LogP contribution in [0.3, 0.4) is 0 Å². The van der Waals surface area contributed by atoms with Gasteiger partial charge in [-0.1, -0.05) is 0 Å². The summed E-state index contributed by atoms with van der Waals surface area (Å²) < 4.78 is 0. The lowest BCUT2D eigenvalue weighted by molar-refractivity contribution is -0.378. The van der Waals surface area contributed by atoms with E-state index in [0.717, 1.165) is 0 Å². The van der Waals surface area contributed by atoms with Crippen LogP contribution in [0.15, 0.2) is 73.4 Å². The van der Waals surface area contributed by atoms with Gasteiger partial charge in [-0.25, -0.2) is 19.6 Å². The lowest BCUT2D eigenvalue weighted by Gasteiger charge is -2.08. The Kier molecular flexibility index (Phi) is 17.6. The highest BCUT2D eigenvalue weighted by atomic mass is 16.4. The third-order valence-corrected chi connectivity index (χ3v) is 3.16. The van der Waals surface area contributed by atoms with Crippen LogP contribution in [0, 0.1) is 0 Å². The Morgan fingerprint density at radius 3 is 1.06 bits per heavy atom. The van der Waals surface area contributed by atoms with Crippen molar-refractivity contribution in [3.05, 3.63) is 73.4 Å². The monoisotopic (exact) mass is 476 g/mol. The summed E-state index contributed by atoms with van der Waals surface area (Å²) in [6.07, 6.45) is 9.53. The predicted molar refractivity (Wildman–Crippen MR) is 118 cm³/mol. The lowest BCUT2D eigenvalue weighted by Crippen LogP contribution is -2.23. The molecule has 2 heterocycles. The van der Waals surface area contributed by atoms with Crippen LogP contribution in [0.1, 0.15) is 0 Å². The van der Waals surface area contributed by atoms with E-state index in [1.54, 1.807) is 0 Å². The molecule has 0 aliphatic rings. The molecule has 0 atom stereocenters. The number of anilines is 2. The van der Waals surface area contributed by atoms with Gasteiger partial charge in [0.05, 0.1) is 11.9 Å². The van der Waals surface area contributed by atoms with Crippen molar-refractivity contribution in [3.8, 4) is 0 Å². The third kappa shape index (κ3) is 22.0. The van der Waals surface area contributed by atoms with Crippen LogP contribution in [-0.4, -0.2) is 62.3 Å². The van der Waals surface area contributed by atoms with E-state index in [9.17, 15) is 29.4 Å². The highest BCUT2D eigenvalue weighted by Gasteiger charge is 1.92. The zero-order valence-electron chi connectivity index (χ0n) is 19.2. The molecular formula is C22H28N4O8. The summed E-state index contributed by atoms with van der Waals surface area (Å²) in [5.41, 5.74) is 2.43. The number of H-pyrrole nitrogens is 2. The zero-order valence-corrected chi connectivity index (χ0v) is 19.2. The fourth-order valence-electron chi connectivity index (χ4n) is 1.63. The highest BCUT2D eigenvalue weighted by molar-refractivity contribution is 5.89. The standard InChI is InChI=1S/2C7H10N2.2C4H4O4/c2*1-9(2)7-3-5-8-6-4-7;2*5-3(6)1-2-4(7)8/h2*3-6H,1-2H3;2*1-2H,(H,5,6)(H,7,8)/b;;2*2-1+. The first-order chi connectivity index (χ1) is 15.9. The average molecular weight is 476 g/mol. The van der Waals surface area contributed by atoms with Crippen LogP contribution < -0.4 is 30.0 Å². The molecule has 0 fully saturated rings. The predicted octanol–water partition coefficient (Wildman–Crippen LogP) is -2.11. The quantitative estimate of drug-likeness (QED) is 0.436. The van der Waals surface area contributed by atoms with Gasteiger partial charge in [0.25, 0.3) is 0 Å². The minimum absolute atomic E-state index is 0.384. The first-order valence-electron chi connectivity index (χ1n) is 9.37. The molecule has 0 bridgehead atoms. The first kappa shape index (κ1) is 31.4. The summed E-state index contributed by atoms with van der Waals surface area (Å²) in [4.78, 5) is 48.0. The van der Waals surface area contributed by atoms with E-state index >= 15 is 0 Å². The Hall–Kier alpha value is -4.74. The fourth-order valence-corrected chi connectivity index (χ4v) is 1.63. The number of hydrogen-bond donors (Lipinski definition) is 2. The van der Waals surface area contributed by atoms with Crippen molar-refractivity contribution in [2.45, 2.75) is 0 Å². The zero-order chi connectivity index (χ0) is 26.5. The maximum absolute atomic E-state index is 9.55. The molecule has 2 aromatic rings. The number of aliphatic carboxylic acids is 4. The maximum Gasteiger partial charge on any atom is 0.328 e. The SMILES string of the molecule is CN(C)c1cc[nH+]cc1.CN(C)c1cc[nH+]cc1.O=C(O)/C=C/C(=O)O.O=C([O-])/C=C/C(=O)[O-]. The summed E-state index contributed by atoms with van der Waals surface area (Å²) in [6.45, 7) is 0. The lowest BCUT2D eigenvalue weighted by atomic mass is 10.4. The van der Waals surface area contributed by atoms with E-state index in [-0.39, 0.29) is 0 Å². The third-order valence-electron chi connectivity index (χ3n) is 3.16. The van der Waals surface area contributed by atoms with Gasteiger partial charge in [-0.2, -0.15) is 0 Å². The molecule has 2 aromatic heterocycles. The van der Waals surface area contributed by atoms with Crippen LogP contribution in [0.25, 0.3) is 0 Å². The number of carbonyl (C=O) groups excluding carboxylic acids is 2. The molecule has 0 aliphatic heterocycles. The van der Waals surface area contributed by atoms with Crippen LogP contribution in [0.4, 0.5) is 11.4 Å². The summed E-state index contributed by atoms with van der Waals surface area (Å²) >= 11 is 0. The number of aromatic amines is 2. The minimum atomic E-state index is -1.55. The van der Waals surface area contributed by atoms with Crippen LogP contribution >= 0.6 is 0 Å². The summed E-state index contributed by atoms with van der Waals surface area (Å²) in [7, 11) is 8.09. The number of carbonyl (C=O) groups is 4. The Morgan fingerprint density at radius 2 is 0.912 bits per heavy atom. The molecule has 0 saturated carbocycles. The molecule has 0 amide bonds. The van der Waals surface area contributed by atoms with Gasteiger partial charge in [-0.05, 0) is 12.2 Å². The highest BCUT2D eigenvalue weighted by Crippen LogP contribution is 2.05. The number of carboxylic acids is 4. The second-order valence-corrected chi connectivity index (χ2v) is 6.29. The molecular weight excluding hydrogens is 448 g/mol. The van der Waals surface area contributed by atoms with Crippen LogP contribution in [-0.2, 0) is 19.2 Å². The van der Waals surface area contributed by atoms with Crippen LogP contribution in [0.2, 0.25) is 0 Å². The van der Waals surface area contributed by atoms with Crippen molar-refractivity contribution in [3.63, 3.8) is 0 Å². The number of nitrogens with one attached hydrogen (secondary N) is 2. The molecule has 184 valence electrons. The van der Waals surface area contributed by atoms with E-state index in [1.807, 2.05) is 77.2 Å². The van der Waals surface area contributed by atoms with Gasteiger partial charge in [-0.3, -0.25) is 0 Å². The number of pyridine rings is 2. The smallest absolute Gasteiger partial charge is 0.328 e. The number of hydrogen-bond acceptors (Lipinski definition) is 8. The summed E-state index contributed by atoms with van der Waals surface area (Å²) in [5.74, 6) is -5.61. The molecule has 4 N–H and O–H groups in total. The Balaban J connectivity index is 0. The second-order valence-electron chi connectivity index (χ2n) is 6.29. The van der Waals surface area contributed by atoms with E-state index in [0.29, 0.717) is 24.3 Å². The van der Waals surface area contributed by atoms with Gasteiger partial charge in [0.1, 0.15) is 0 Å². The molecule has 0 radical (unpaired) electrons. The molecule has 12 nitrogen and oxygen atoms in total. The molecule has 0 saturated heterocycles. The Morgan fingerprint density at radius 1 is 0.647 bits per heavy atom. The molecule has 0 unspecified atom stereocenters. The van der Waals surface area contributed by atoms with E-state index < -0.39 is 23.9 Å². The van der Waals surface area contributed by atoms with Crippen molar-refractivity contribution < 1.29 is 49.6 Å². The normalized spacial score (nSPS) is 9.29. The van der Waals surface area contributed by atoms with E-state index in [2.05, 4.69) is 19.8 Å². The molecule has 12 heteroatoms. The van der Waals surface area contributed by atoms with Gasteiger partial charge in [0.15, 0.2) is 24.8 Å². The topological polar surface area (TPSA) is 190 Å². The van der Waals surface area contributed by atoms with Gasteiger partial charge in [0.2, 0.25) is 0 Å². The largest absolute Gasteiger partial charge is 0.545 e. The van der Waals surface area contributed by atoms with Crippen molar-refractivity contribution in [1.82, 2.24) is 0 Å². The van der Waals surface area contributed by atoms with Crippen molar-refractivity contribution in [2.75, 3.05) is 38.0 Å². The van der Waals surface area contributed by atoms with Gasteiger partial charge < -0.3 is 39.8 Å². The minimum Gasteiger partial charge on any atom is -0.545 e. The first-order valence-corrected chi connectivity index (χ1v) is 9.37. The number of carboxylic acid groups (broad SMARTS) is 4. The van der Waals surface area contributed by atoms with E-state index in [1.165, 1.54) is 11.4 Å². The van der Waals surface area contributed by atoms with Gasteiger partial charge >= 0.3 is 11.9 Å². The fraction of sp³-hybridized carbons (Fsp3) is 0.182. The van der Waals surface area contributed by atoms with Crippen molar-refractivity contribution >= 4 is 35.3 Å². The molecule has 0 aliphatic carbocycles. The molecule has 0 spiro atoms. The number of nitrogens with zero attached hydrogens (tertiary/aromatic N) is 2. The summed E-state index contributed by atoms with van der Waals surface area (Å²) in [5, 5.41) is 34.5. The van der Waals surface area contributed by atoms with Crippen molar-refractivity contribution in [2.24, 2.45) is 0 Å². The average Bonchev–Trinajstić information content (AvgIpc) is 2.79. The molecule has 2 rings (SSSR count). The van der Waals surface area contributed by atoms with Gasteiger partial charge in [0, 0.05) is 76.0 Å². The Bertz CT molecular complexity index is 821. The number of aromatic nitrogens is 2. The molecule has 34 heavy (non-hydrogen) atoms. The van der Waals surface area contributed by atoms with Gasteiger partial charge in [-0.15, -0.1) is 0 Å². The molecule has 0 aromatic carbocycles. The maximum atomic E-state index is 9.55. The van der Waals surface area contributed by atoms with E-state index in [4.69, 9.17) is 10.2 Å².